The highest BCUT2D eigenvalue weighted by atomic mass is 127. The summed E-state index contributed by atoms with van der Waals surface area (Å²) >= 11 is 0. The van der Waals surface area contributed by atoms with Gasteiger partial charge in [-0.3, -0.25) is 0 Å². The van der Waals surface area contributed by atoms with Crippen molar-refractivity contribution in [3.05, 3.63) is 11.6 Å². The van der Waals surface area contributed by atoms with Crippen molar-refractivity contribution in [2.24, 2.45) is 12.0 Å². The first-order valence-electron chi connectivity index (χ1n) is 8.54. The highest BCUT2D eigenvalue weighted by molar-refractivity contribution is 14.0. The van der Waals surface area contributed by atoms with Gasteiger partial charge in [-0.25, -0.2) is 4.99 Å². The molecule has 1 atom stereocenters. The Morgan fingerprint density at radius 3 is 2.80 bits per heavy atom. The summed E-state index contributed by atoms with van der Waals surface area (Å²) in [5.41, 5.74) is -0.115. The molecule has 1 aliphatic heterocycles. The predicted molar refractivity (Wildman–Crippen MR) is 108 cm³/mol. The number of nitrogens with zero attached hydrogens (tertiary/aromatic N) is 4. The summed E-state index contributed by atoms with van der Waals surface area (Å²) < 4.78 is 12.9. The molecule has 1 aromatic heterocycles. The zero-order valence-corrected chi connectivity index (χ0v) is 18.0. The van der Waals surface area contributed by atoms with E-state index in [1.807, 2.05) is 18.5 Å². The van der Waals surface area contributed by atoms with Crippen LogP contribution in [0.5, 0.6) is 0 Å². The molecule has 1 unspecified atom stereocenters. The Labute approximate surface area is 167 Å². The fourth-order valence-electron chi connectivity index (χ4n) is 2.58. The van der Waals surface area contributed by atoms with E-state index in [2.05, 4.69) is 32.7 Å². The molecule has 1 saturated heterocycles. The molecule has 2 N–H and O–H groups in total. The summed E-state index contributed by atoms with van der Waals surface area (Å²) in [7, 11) is 3.66. The van der Waals surface area contributed by atoms with Gasteiger partial charge in [0.15, 0.2) is 11.8 Å². The van der Waals surface area contributed by atoms with Gasteiger partial charge in [0.05, 0.1) is 5.60 Å². The van der Waals surface area contributed by atoms with E-state index < -0.39 is 0 Å². The summed E-state index contributed by atoms with van der Waals surface area (Å²) in [5.74, 6) is 2.49. The van der Waals surface area contributed by atoms with Crippen molar-refractivity contribution in [2.45, 2.75) is 45.3 Å². The highest BCUT2D eigenvalue weighted by Crippen LogP contribution is 2.23. The molecule has 0 amide bonds. The normalized spacial score (nSPS) is 20.4. The molecule has 2 rings (SSSR count). The minimum atomic E-state index is -0.115. The minimum absolute atomic E-state index is 0. The molecular weight excluding hydrogens is 435 g/mol. The first kappa shape index (κ1) is 22.1. The van der Waals surface area contributed by atoms with E-state index in [1.165, 1.54) is 0 Å². The zero-order valence-electron chi connectivity index (χ0n) is 15.7. The molecule has 1 aliphatic rings. The highest BCUT2D eigenvalue weighted by Gasteiger charge is 2.29. The molecule has 144 valence electrons. The zero-order chi connectivity index (χ0) is 17.4. The topological polar surface area (TPSA) is 85.6 Å². The van der Waals surface area contributed by atoms with Gasteiger partial charge in [-0.15, -0.1) is 34.2 Å². The summed E-state index contributed by atoms with van der Waals surface area (Å²) in [6, 6.07) is 0. The van der Waals surface area contributed by atoms with Crippen LogP contribution in [0.15, 0.2) is 4.99 Å². The quantitative estimate of drug-likeness (QED) is 0.261. The van der Waals surface area contributed by atoms with E-state index in [4.69, 9.17) is 9.47 Å². The maximum absolute atomic E-state index is 5.83. The van der Waals surface area contributed by atoms with Gasteiger partial charge in [-0.1, -0.05) is 0 Å². The first-order chi connectivity index (χ1) is 11.5. The molecule has 8 nitrogen and oxygen atoms in total. The van der Waals surface area contributed by atoms with Crippen LogP contribution in [0.4, 0.5) is 0 Å². The largest absolute Gasteiger partial charge is 0.385 e. The van der Waals surface area contributed by atoms with Gasteiger partial charge >= 0.3 is 0 Å². The maximum atomic E-state index is 5.83. The molecule has 0 aromatic carbocycles. The minimum Gasteiger partial charge on any atom is -0.385 e. The second-order valence-electron chi connectivity index (χ2n) is 6.42. The molecule has 0 bridgehead atoms. The summed E-state index contributed by atoms with van der Waals surface area (Å²) in [6.07, 6.45) is 3.11. The van der Waals surface area contributed by atoms with Gasteiger partial charge in [0.1, 0.15) is 12.4 Å². The molecule has 0 saturated carbocycles. The lowest BCUT2D eigenvalue weighted by molar-refractivity contribution is 0.0242. The number of halogens is 1. The van der Waals surface area contributed by atoms with Crippen LogP contribution in [0, 0.1) is 6.92 Å². The fourth-order valence-corrected chi connectivity index (χ4v) is 2.58. The lowest BCUT2D eigenvalue weighted by Gasteiger charge is -2.24. The summed E-state index contributed by atoms with van der Waals surface area (Å²) in [5, 5.41) is 15.0. The molecule has 0 radical (unpaired) electrons. The third-order valence-electron chi connectivity index (χ3n) is 4.31. The number of hydrogen-bond donors (Lipinski definition) is 2. The van der Waals surface area contributed by atoms with E-state index >= 15 is 0 Å². The number of nitrogens with one attached hydrogen (secondary N) is 2. The summed E-state index contributed by atoms with van der Waals surface area (Å²) in [4.78, 5) is 4.63. The number of methoxy groups -OCH3 is 1. The second-order valence-corrected chi connectivity index (χ2v) is 6.42. The number of hydrogen-bond acceptors (Lipinski definition) is 5. The Morgan fingerprint density at radius 2 is 2.20 bits per heavy atom. The molecule has 2 heterocycles. The monoisotopic (exact) mass is 466 g/mol. The average molecular weight is 466 g/mol. The van der Waals surface area contributed by atoms with Gasteiger partial charge in [0.25, 0.3) is 0 Å². The Kier molecular flexibility index (Phi) is 9.65. The SMILES string of the molecule is COCCCNC(=NCc1nnc(C)n1C)NCC1(C)CCCO1.I. The Bertz CT molecular complexity index is 543. The van der Waals surface area contributed by atoms with Crippen LogP contribution in [0.1, 0.15) is 37.8 Å². The van der Waals surface area contributed by atoms with Crippen LogP contribution in [-0.4, -0.2) is 59.7 Å². The third kappa shape index (κ3) is 7.06. The van der Waals surface area contributed by atoms with E-state index in [1.54, 1.807) is 7.11 Å². The van der Waals surface area contributed by atoms with Crippen molar-refractivity contribution in [3.8, 4) is 0 Å². The standard InChI is InChI=1S/C16H30N6O2.HI/c1-13-20-21-14(22(13)3)11-18-15(17-8-6-9-23-4)19-12-16(2)7-5-10-24-16;/h5-12H2,1-4H3,(H2,17,18,19);1H. The third-order valence-corrected chi connectivity index (χ3v) is 4.31. The van der Waals surface area contributed by atoms with E-state index in [0.717, 1.165) is 63.2 Å². The lowest BCUT2D eigenvalue weighted by Crippen LogP contribution is -2.46. The van der Waals surface area contributed by atoms with Crippen LogP contribution in [0.3, 0.4) is 0 Å². The second kappa shape index (κ2) is 10.9. The van der Waals surface area contributed by atoms with Crippen LogP contribution >= 0.6 is 24.0 Å². The van der Waals surface area contributed by atoms with Crippen molar-refractivity contribution in [3.63, 3.8) is 0 Å². The van der Waals surface area contributed by atoms with Crippen LogP contribution in [-0.2, 0) is 23.1 Å². The van der Waals surface area contributed by atoms with Gasteiger partial charge in [-0.05, 0) is 33.1 Å². The average Bonchev–Trinajstić information content (AvgIpc) is 3.14. The number of ether oxygens (including phenoxy) is 2. The Balaban J connectivity index is 0.00000312. The van der Waals surface area contributed by atoms with Gasteiger partial charge in [0, 0.05) is 40.5 Å². The number of aromatic nitrogens is 3. The predicted octanol–water partition coefficient (Wildman–Crippen LogP) is 1.38. The number of aryl methyl sites for hydroxylation is 1. The molecule has 0 aliphatic carbocycles. The van der Waals surface area contributed by atoms with Gasteiger partial charge < -0.3 is 24.7 Å². The van der Waals surface area contributed by atoms with Crippen molar-refractivity contribution in [1.29, 1.82) is 0 Å². The lowest BCUT2D eigenvalue weighted by atomic mass is 10.0. The number of rotatable bonds is 8. The molecule has 9 heteroatoms. The van der Waals surface area contributed by atoms with Crippen molar-refractivity contribution < 1.29 is 9.47 Å². The van der Waals surface area contributed by atoms with E-state index in [-0.39, 0.29) is 29.6 Å². The van der Waals surface area contributed by atoms with E-state index in [9.17, 15) is 0 Å². The first-order valence-corrected chi connectivity index (χ1v) is 8.54. The summed E-state index contributed by atoms with van der Waals surface area (Å²) in [6.45, 7) is 7.65. The Hall–Kier alpha value is -0.940. The fraction of sp³-hybridized carbons (Fsp3) is 0.812. The van der Waals surface area contributed by atoms with Crippen LogP contribution in [0.2, 0.25) is 0 Å². The van der Waals surface area contributed by atoms with Crippen molar-refractivity contribution in [1.82, 2.24) is 25.4 Å². The Morgan fingerprint density at radius 1 is 1.40 bits per heavy atom. The number of guanidine groups is 1. The molecule has 1 fully saturated rings. The maximum Gasteiger partial charge on any atom is 0.191 e. The van der Waals surface area contributed by atoms with E-state index in [0.29, 0.717) is 6.54 Å². The molecular formula is C16H31IN6O2. The smallest absolute Gasteiger partial charge is 0.191 e. The van der Waals surface area contributed by atoms with Crippen LogP contribution in [0.25, 0.3) is 0 Å². The van der Waals surface area contributed by atoms with Gasteiger partial charge in [0.2, 0.25) is 0 Å². The molecule has 0 spiro atoms. The molecule has 25 heavy (non-hydrogen) atoms. The van der Waals surface area contributed by atoms with Crippen molar-refractivity contribution in [2.75, 3.05) is 33.4 Å². The molecule has 1 aromatic rings. The van der Waals surface area contributed by atoms with Gasteiger partial charge in [-0.2, -0.15) is 0 Å². The van der Waals surface area contributed by atoms with Crippen molar-refractivity contribution >= 4 is 29.9 Å². The van der Waals surface area contributed by atoms with Crippen LogP contribution < -0.4 is 10.6 Å². The number of aliphatic imine (C=N–C) groups is 1.